The molecule has 1 saturated carbocycles. The topological polar surface area (TPSA) is 93.3 Å². The van der Waals surface area contributed by atoms with E-state index in [-0.39, 0.29) is 23.9 Å². The molecular weight excluding hydrogens is 414 g/mol. The molecular formula is C18H22BrN5O3. The molecule has 1 aliphatic heterocycles. The molecule has 1 saturated heterocycles. The summed E-state index contributed by atoms with van der Waals surface area (Å²) in [6.07, 6.45) is 7.86. The maximum absolute atomic E-state index is 12.7. The van der Waals surface area contributed by atoms with Crippen molar-refractivity contribution in [3.63, 3.8) is 0 Å². The average molecular weight is 436 g/mol. The predicted octanol–water partition coefficient (Wildman–Crippen LogP) is 2.61. The largest absolute Gasteiger partial charge is 0.444 e. The number of nitrogens with one attached hydrogen (secondary N) is 1. The number of likely N-dealkylation sites (tertiary alicyclic amines) is 1. The summed E-state index contributed by atoms with van der Waals surface area (Å²) in [5.74, 6) is 0.0273. The highest BCUT2D eigenvalue weighted by Crippen LogP contribution is 2.23. The summed E-state index contributed by atoms with van der Waals surface area (Å²) in [6.45, 7) is 1.20. The summed E-state index contributed by atoms with van der Waals surface area (Å²) in [7, 11) is 0. The number of nitrogens with zero attached hydrogens (tertiary/aromatic N) is 4. The molecule has 1 N–H and O–H groups in total. The summed E-state index contributed by atoms with van der Waals surface area (Å²) >= 11 is 3.23. The molecule has 0 bridgehead atoms. The lowest BCUT2D eigenvalue weighted by molar-refractivity contribution is 0.0687. The molecule has 2 aliphatic rings. The third-order valence-corrected chi connectivity index (χ3v) is 5.71. The van der Waals surface area contributed by atoms with E-state index >= 15 is 0 Å². The second-order valence-corrected chi connectivity index (χ2v) is 7.96. The van der Waals surface area contributed by atoms with E-state index in [9.17, 15) is 9.59 Å². The highest BCUT2D eigenvalue weighted by atomic mass is 79.9. The van der Waals surface area contributed by atoms with Crippen LogP contribution in [0.2, 0.25) is 0 Å². The van der Waals surface area contributed by atoms with Gasteiger partial charge >= 0.3 is 0 Å². The number of aromatic nitrogens is 3. The number of rotatable bonds is 5. The number of hydrogen-bond donors (Lipinski definition) is 1. The van der Waals surface area contributed by atoms with Gasteiger partial charge in [-0.15, -0.1) is 5.10 Å². The Balaban J connectivity index is 1.39. The lowest BCUT2D eigenvalue weighted by atomic mass is 10.2. The average Bonchev–Trinajstić information content (AvgIpc) is 3.42. The van der Waals surface area contributed by atoms with Gasteiger partial charge in [-0.05, 0) is 53.7 Å². The minimum Gasteiger partial charge on any atom is -0.444 e. The molecule has 8 nitrogen and oxygen atoms in total. The third-order valence-electron chi connectivity index (χ3n) is 5.28. The van der Waals surface area contributed by atoms with E-state index in [1.54, 1.807) is 23.0 Å². The minimum absolute atomic E-state index is 0.00817. The van der Waals surface area contributed by atoms with Crippen molar-refractivity contribution in [3.8, 4) is 0 Å². The molecule has 2 fully saturated rings. The number of furan rings is 1. The molecule has 0 radical (unpaired) electrons. The van der Waals surface area contributed by atoms with Crippen molar-refractivity contribution in [1.82, 2.24) is 25.2 Å². The molecule has 2 amide bonds. The number of carbonyl (C=O) groups is 2. The zero-order chi connectivity index (χ0) is 18.8. The summed E-state index contributed by atoms with van der Waals surface area (Å²) in [5.41, 5.74) is 0.327. The standard InChI is InChI=1S/C18H22BrN5O3/c19-16-8-7-15(27-16)18(26)24-9-3-6-13(24)10-23-11-14(21-22-23)17(25)20-12-4-1-2-5-12/h7-8,11-13H,1-6,9-10H2,(H,20,25)/t13-/m0/s1. The van der Waals surface area contributed by atoms with Gasteiger partial charge in [0.05, 0.1) is 18.8 Å². The van der Waals surface area contributed by atoms with Gasteiger partial charge in [-0.1, -0.05) is 18.1 Å². The summed E-state index contributed by atoms with van der Waals surface area (Å²) in [5, 5.41) is 11.1. The first-order valence-corrected chi connectivity index (χ1v) is 10.2. The van der Waals surface area contributed by atoms with Gasteiger partial charge < -0.3 is 14.6 Å². The van der Waals surface area contributed by atoms with Crippen LogP contribution in [0, 0.1) is 0 Å². The van der Waals surface area contributed by atoms with E-state index in [0.29, 0.717) is 29.2 Å². The quantitative estimate of drug-likeness (QED) is 0.778. The van der Waals surface area contributed by atoms with Crippen LogP contribution in [-0.2, 0) is 6.54 Å². The number of carbonyl (C=O) groups excluding carboxylic acids is 2. The molecule has 0 aromatic carbocycles. The fourth-order valence-electron chi connectivity index (χ4n) is 3.90. The molecule has 144 valence electrons. The Morgan fingerprint density at radius 2 is 2.04 bits per heavy atom. The Labute approximate surface area is 165 Å². The van der Waals surface area contributed by atoms with Crippen LogP contribution in [0.25, 0.3) is 0 Å². The van der Waals surface area contributed by atoms with Gasteiger partial charge in [0.15, 0.2) is 16.1 Å². The Morgan fingerprint density at radius 3 is 2.78 bits per heavy atom. The molecule has 9 heteroatoms. The number of halogens is 1. The van der Waals surface area contributed by atoms with Gasteiger partial charge in [0.1, 0.15) is 0 Å². The summed E-state index contributed by atoms with van der Waals surface area (Å²) < 4.78 is 7.58. The number of hydrogen-bond acceptors (Lipinski definition) is 5. The first-order chi connectivity index (χ1) is 13.1. The van der Waals surface area contributed by atoms with Crippen LogP contribution >= 0.6 is 15.9 Å². The van der Waals surface area contributed by atoms with E-state index < -0.39 is 0 Å². The monoisotopic (exact) mass is 435 g/mol. The smallest absolute Gasteiger partial charge is 0.289 e. The van der Waals surface area contributed by atoms with Crippen LogP contribution in [-0.4, -0.2) is 50.3 Å². The molecule has 2 aromatic heterocycles. The second-order valence-electron chi connectivity index (χ2n) is 7.18. The maximum Gasteiger partial charge on any atom is 0.289 e. The highest BCUT2D eigenvalue weighted by Gasteiger charge is 2.31. The zero-order valence-electron chi connectivity index (χ0n) is 14.9. The molecule has 0 spiro atoms. The summed E-state index contributed by atoms with van der Waals surface area (Å²) in [6, 6.07) is 3.64. The lowest BCUT2D eigenvalue weighted by Gasteiger charge is -2.23. The minimum atomic E-state index is -0.173. The van der Waals surface area contributed by atoms with Crippen LogP contribution in [0.1, 0.15) is 59.6 Å². The fraction of sp³-hybridized carbons (Fsp3) is 0.556. The van der Waals surface area contributed by atoms with Crippen LogP contribution in [0.5, 0.6) is 0 Å². The van der Waals surface area contributed by atoms with E-state index in [1.807, 2.05) is 4.90 Å². The van der Waals surface area contributed by atoms with Crippen LogP contribution in [0.15, 0.2) is 27.4 Å². The van der Waals surface area contributed by atoms with E-state index in [0.717, 1.165) is 38.5 Å². The fourth-order valence-corrected chi connectivity index (χ4v) is 4.21. The zero-order valence-corrected chi connectivity index (χ0v) is 16.5. The van der Waals surface area contributed by atoms with Crippen molar-refractivity contribution >= 4 is 27.7 Å². The molecule has 4 rings (SSSR count). The van der Waals surface area contributed by atoms with Crippen LogP contribution in [0.3, 0.4) is 0 Å². The molecule has 3 heterocycles. The predicted molar refractivity (Wildman–Crippen MR) is 100 cm³/mol. The van der Waals surface area contributed by atoms with Gasteiger partial charge in [-0.2, -0.15) is 0 Å². The molecule has 1 aliphatic carbocycles. The SMILES string of the molecule is O=C(NC1CCCC1)c1cn(C[C@@H]2CCCN2C(=O)c2ccc(Br)o2)nn1. The van der Waals surface area contributed by atoms with Gasteiger partial charge in [-0.3, -0.25) is 9.59 Å². The second kappa shape index (κ2) is 7.84. The molecule has 2 aromatic rings. The normalized spacial score (nSPS) is 20.3. The van der Waals surface area contributed by atoms with Gasteiger partial charge in [-0.25, -0.2) is 4.68 Å². The van der Waals surface area contributed by atoms with E-state index in [2.05, 4.69) is 31.6 Å². The Bertz CT molecular complexity index is 827. The van der Waals surface area contributed by atoms with Crippen molar-refractivity contribution in [2.75, 3.05) is 6.54 Å². The Morgan fingerprint density at radius 1 is 1.22 bits per heavy atom. The van der Waals surface area contributed by atoms with E-state index in [1.165, 1.54) is 0 Å². The molecule has 27 heavy (non-hydrogen) atoms. The van der Waals surface area contributed by atoms with Gasteiger partial charge in [0, 0.05) is 12.6 Å². The van der Waals surface area contributed by atoms with Crippen molar-refractivity contribution in [2.45, 2.75) is 57.2 Å². The number of amides is 2. The van der Waals surface area contributed by atoms with Crippen molar-refractivity contribution in [1.29, 1.82) is 0 Å². The van der Waals surface area contributed by atoms with Crippen LogP contribution < -0.4 is 5.32 Å². The molecule has 0 unspecified atom stereocenters. The van der Waals surface area contributed by atoms with Crippen LogP contribution in [0.4, 0.5) is 0 Å². The van der Waals surface area contributed by atoms with Gasteiger partial charge in [0.25, 0.3) is 11.8 Å². The first-order valence-electron chi connectivity index (χ1n) is 9.37. The maximum atomic E-state index is 12.7. The summed E-state index contributed by atoms with van der Waals surface area (Å²) in [4.78, 5) is 26.8. The Hall–Kier alpha value is -2.16. The van der Waals surface area contributed by atoms with E-state index in [4.69, 9.17) is 4.42 Å². The lowest BCUT2D eigenvalue weighted by Crippen LogP contribution is -2.38. The Kier molecular flexibility index (Phi) is 5.29. The molecule has 1 atom stereocenters. The van der Waals surface area contributed by atoms with Crippen molar-refractivity contribution in [2.24, 2.45) is 0 Å². The highest BCUT2D eigenvalue weighted by molar-refractivity contribution is 9.10. The van der Waals surface area contributed by atoms with Gasteiger partial charge in [0.2, 0.25) is 0 Å². The first kappa shape index (κ1) is 18.2. The third kappa shape index (κ3) is 4.07. The van der Waals surface area contributed by atoms with Crippen molar-refractivity contribution in [3.05, 3.63) is 34.5 Å². The van der Waals surface area contributed by atoms with Crippen molar-refractivity contribution < 1.29 is 14.0 Å².